The summed E-state index contributed by atoms with van der Waals surface area (Å²) in [6.45, 7) is 2.62. The highest BCUT2D eigenvalue weighted by Gasteiger charge is 2.22. The molecular weight excluding hydrogens is 376 g/mol. The van der Waals surface area contributed by atoms with Gasteiger partial charge >= 0.3 is 6.03 Å². The number of piperazine rings is 1. The molecule has 4 rings (SSSR count). The lowest BCUT2D eigenvalue weighted by atomic mass is 10.2. The molecule has 0 saturated carbocycles. The lowest BCUT2D eigenvalue weighted by Crippen LogP contribution is -2.50. The Morgan fingerprint density at radius 3 is 2.43 bits per heavy atom. The van der Waals surface area contributed by atoms with Crippen LogP contribution in [0.4, 0.5) is 16.3 Å². The molecule has 0 aliphatic carbocycles. The summed E-state index contributed by atoms with van der Waals surface area (Å²) < 4.78 is 0. The first-order valence-corrected chi connectivity index (χ1v) is 9.37. The highest BCUT2D eigenvalue weighted by atomic mass is 35.5. The zero-order valence-corrected chi connectivity index (χ0v) is 15.9. The molecule has 3 heterocycles. The number of nitrogens with one attached hydrogen (secondary N) is 1. The van der Waals surface area contributed by atoms with Gasteiger partial charge in [-0.2, -0.15) is 0 Å². The van der Waals surface area contributed by atoms with Gasteiger partial charge in [0.2, 0.25) is 0 Å². The smallest absolute Gasteiger partial charge is 0.321 e. The van der Waals surface area contributed by atoms with Crippen LogP contribution >= 0.6 is 11.6 Å². The summed E-state index contributed by atoms with van der Waals surface area (Å²) in [6.07, 6.45) is 3.47. The minimum absolute atomic E-state index is 0.124. The van der Waals surface area contributed by atoms with Gasteiger partial charge in [0.05, 0.1) is 5.69 Å². The van der Waals surface area contributed by atoms with Crippen molar-refractivity contribution < 1.29 is 4.79 Å². The van der Waals surface area contributed by atoms with Crippen molar-refractivity contribution in [2.45, 2.75) is 0 Å². The molecule has 0 radical (unpaired) electrons. The quantitative estimate of drug-likeness (QED) is 0.735. The summed E-state index contributed by atoms with van der Waals surface area (Å²) in [6, 6.07) is 14.7. The summed E-state index contributed by atoms with van der Waals surface area (Å²) in [5.41, 5.74) is 2.49. The fraction of sp³-hybridized carbons (Fsp3) is 0.200. The summed E-state index contributed by atoms with van der Waals surface area (Å²) in [5, 5.41) is 12.1. The number of halogens is 1. The first kappa shape index (κ1) is 18.2. The van der Waals surface area contributed by atoms with Crippen molar-refractivity contribution in [3.05, 3.63) is 65.9 Å². The molecule has 1 N–H and O–H groups in total. The maximum Gasteiger partial charge on any atom is 0.321 e. The summed E-state index contributed by atoms with van der Waals surface area (Å²) in [4.78, 5) is 20.4. The average molecular weight is 395 g/mol. The molecule has 1 fully saturated rings. The number of benzene rings is 1. The lowest BCUT2D eigenvalue weighted by molar-refractivity contribution is 0.208. The van der Waals surface area contributed by atoms with E-state index in [1.807, 2.05) is 36.4 Å². The van der Waals surface area contributed by atoms with Crippen molar-refractivity contribution in [2.75, 3.05) is 36.4 Å². The minimum atomic E-state index is -0.124. The van der Waals surface area contributed by atoms with Crippen LogP contribution in [0.2, 0.25) is 5.02 Å². The van der Waals surface area contributed by atoms with E-state index in [2.05, 4.69) is 25.4 Å². The number of amides is 2. The van der Waals surface area contributed by atoms with E-state index < -0.39 is 0 Å². The van der Waals surface area contributed by atoms with Crippen LogP contribution in [-0.4, -0.2) is 52.3 Å². The zero-order chi connectivity index (χ0) is 19.3. The van der Waals surface area contributed by atoms with E-state index in [9.17, 15) is 4.79 Å². The number of carbonyl (C=O) groups is 1. The van der Waals surface area contributed by atoms with Crippen LogP contribution in [0.3, 0.4) is 0 Å². The molecule has 7 nitrogen and oxygen atoms in total. The van der Waals surface area contributed by atoms with Crippen molar-refractivity contribution >= 4 is 29.1 Å². The van der Waals surface area contributed by atoms with Crippen molar-refractivity contribution in [2.24, 2.45) is 0 Å². The Balaban J connectivity index is 1.34. The van der Waals surface area contributed by atoms with E-state index in [0.717, 1.165) is 17.1 Å². The molecule has 1 aliphatic rings. The molecule has 0 spiro atoms. The summed E-state index contributed by atoms with van der Waals surface area (Å²) in [7, 11) is 0. The third kappa shape index (κ3) is 4.20. The van der Waals surface area contributed by atoms with Crippen LogP contribution in [0.1, 0.15) is 0 Å². The molecule has 0 atom stereocenters. The Morgan fingerprint density at radius 1 is 0.964 bits per heavy atom. The van der Waals surface area contributed by atoms with Gasteiger partial charge in [-0.3, -0.25) is 4.98 Å². The Kier molecular flexibility index (Phi) is 5.34. The number of carbonyl (C=O) groups excluding carboxylic acids is 1. The van der Waals surface area contributed by atoms with Crippen molar-refractivity contribution in [1.82, 2.24) is 20.1 Å². The first-order valence-electron chi connectivity index (χ1n) is 8.99. The maximum absolute atomic E-state index is 12.4. The lowest BCUT2D eigenvalue weighted by Gasteiger charge is -2.35. The van der Waals surface area contributed by atoms with Crippen molar-refractivity contribution in [1.29, 1.82) is 0 Å². The molecule has 2 amide bonds. The van der Waals surface area contributed by atoms with E-state index in [0.29, 0.717) is 36.9 Å². The summed E-state index contributed by atoms with van der Waals surface area (Å²) in [5.74, 6) is 0.813. The number of urea groups is 1. The number of pyridine rings is 1. The topological polar surface area (TPSA) is 74.2 Å². The molecule has 28 heavy (non-hydrogen) atoms. The van der Waals surface area contributed by atoms with Crippen molar-refractivity contribution in [3.8, 4) is 11.3 Å². The molecule has 1 aromatic carbocycles. The van der Waals surface area contributed by atoms with E-state index in [-0.39, 0.29) is 6.03 Å². The summed E-state index contributed by atoms with van der Waals surface area (Å²) >= 11 is 5.96. The van der Waals surface area contributed by atoms with Crippen molar-refractivity contribution in [3.63, 3.8) is 0 Å². The second-order valence-electron chi connectivity index (χ2n) is 6.43. The molecule has 142 valence electrons. The zero-order valence-electron chi connectivity index (χ0n) is 15.1. The molecule has 2 aromatic heterocycles. The third-order valence-corrected chi connectivity index (χ3v) is 4.83. The number of hydrogen-bond donors (Lipinski definition) is 1. The van der Waals surface area contributed by atoms with Gasteiger partial charge in [-0.25, -0.2) is 4.79 Å². The first-order chi connectivity index (χ1) is 13.7. The Morgan fingerprint density at radius 2 is 1.75 bits per heavy atom. The Bertz CT molecular complexity index is 942. The third-order valence-electron chi connectivity index (χ3n) is 4.59. The number of nitrogens with zero attached hydrogens (tertiary/aromatic N) is 5. The van der Waals surface area contributed by atoms with E-state index >= 15 is 0 Å². The standard InChI is InChI=1S/C20H19ClN6O/c21-16-2-1-3-17(14-16)23-20(28)27-12-10-26(11-13-27)19-5-4-18(24-25-19)15-6-8-22-9-7-15/h1-9,14H,10-13H2,(H,23,28). The fourth-order valence-corrected chi connectivity index (χ4v) is 3.27. The van der Waals surface area contributed by atoms with Gasteiger partial charge in [0.15, 0.2) is 5.82 Å². The number of rotatable bonds is 3. The van der Waals surface area contributed by atoms with E-state index in [1.54, 1.807) is 29.4 Å². The predicted octanol–water partition coefficient (Wildman–Crippen LogP) is 3.55. The molecule has 8 heteroatoms. The highest BCUT2D eigenvalue weighted by Crippen LogP contribution is 2.19. The van der Waals surface area contributed by atoms with E-state index in [1.165, 1.54) is 0 Å². The Hall–Kier alpha value is -3.19. The van der Waals surface area contributed by atoms with E-state index in [4.69, 9.17) is 11.6 Å². The van der Waals surface area contributed by atoms with Gasteiger partial charge in [-0.15, -0.1) is 10.2 Å². The SMILES string of the molecule is O=C(Nc1cccc(Cl)c1)N1CCN(c2ccc(-c3ccncc3)nn2)CC1. The largest absolute Gasteiger partial charge is 0.352 e. The second-order valence-corrected chi connectivity index (χ2v) is 6.86. The monoisotopic (exact) mass is 394 g/mol. The normalized spacial score (nSPS) is 14.0. The van der Waals surface area contributed by atoms with Crippen LogP contribution in [0.5, 0.6) is 0 Å². The van der Waals surface area contributed by atoms with Gasteiger partial charge in [0, 0.05) is 54.8 Å². The fourth-order valence-electron chi connectivity index (χ4n) is 3.08. The second kappa shape index (κ2) is 8.22. The molecule has 0 bridgehead atoms. The minimum Gasteiger partial charge on any atom is -0.352 e. The van der Waals surface area contributed by atoms with Gasteiger partial charge in [-0.05, 0) is 42.5 Å². The van der Waals surface area contributed by atoms with Gasteiger partial charge in [-0.1, -0.05) is 17.7 Å². The molecule has 3 aromatic rings. The number of hydrogen-bond acceptors (Lipinski definition) is 5. The van der Waals surface area contributed by atoms with Crippen LogP contribution in [0.25, 0.3) is 11.3 Å². The Labute approximate surface area is 168 Å². The van der Waals surface area contributed by atoms with Crippen LogP contribution in [0, 0.1) is 0 Å². The number of anilines is 2. The van der Waals surface area contributed by atoms with Crippen LogP contribution in [-0.2, 0) is 0 Å². The molecular formula is C20H19ClN6O. The predicted molar refractivity (Wildman–Crippen MR) is 110 cm³/mol. The van der Waals surface area contributed by atoms with Crippen LogP contribution < -0.4 is 10.2 Å². The highest BCUT2D eigenvalue weighted by molar-refractivity contribution is 6.30. The van der Waals surface area contributed by atoms with Gasteiger partial charge < -0.3 is 15.1 Å². The van der Waals surface area contributed by atoms with Gasteiger partial charge in [0.25, 0.3) is 0 Å². The maximum atomic E-state index is 12.4. The van der Waals surface area contributed by atoms with Gasteiger partial charge in [0.1, 0.15) is 0 Å². The molecule has 0 unspecified atom stereocenters. The molecule has 1 aliphatic heterocycles. The molecule has 1 saturated heterocycles. The van der Waals surface area contributed by atoms with Crippen LogP contribution in [0.15, 0.2) is 60.9 Å². The average Bonchev–Trinajstić information content (AvgIpc) is 2.75. The number of aromatic nitrogens is 3.